The number of nitrogen functional groups attached to an aromatic ring is 1. The predicted molar refractivity (Wildman–Crippen MR) is 141 cm³/mol. The molecule has 4 aliphatic carbocycles. The van der Waals surface area contributed by atoms with E-state index in [9.17, 15) is 9.18 Å². The number of esters is 1. The van der Waals surface area contributed by atoms with Crippen molar-refractivity contribution in [1.29, 1.82) is 0 Å². The van der Waals surface area contributed by atoms with Crippen LogP contribution in [0.4, 0.5) is 10.2 Å². The Morgan fingerprint density at radius 1 is 1.11 bits per heavy atom. The SMILES string of the molecule is COC(=O)c1c(-c2cnn(CC34CC5CC(CC(C5)C3)C4)c2C)ccn2c(-c3cnc(N)c(F)c3)cnc12. The lowest BCUT2D eigenvalue weighted by Gasteiger charge is -2.56. The second-order valence-corrected chi connectivity index (χ2v) is 11.7. The minimum absolute atomic E-state index is 0.166. The third-order valence-electron chi connectivity index (χ3n) is 9.28. The normalized spacial score (nSPS) is 25.8. The van der Waals surface area contributed by atoms with E-state index in [1.165, 1.54) is 57.9 Å². The van der Waals surface area contributed by atoms with Gasteiger partial charge in [0.2, 0.25) is 0 Å². The van der Waals surface area contributed by atoms with Crippen LogP contribution in [-0.4, -0.2) is 37.2 Å². The molecule has 2 N–H and O–H groups in total. The van der Waals surface area contributed by atoms with Crippen LogP contribution in [0.1, 0.15) is 54.6 Å². The van der Waals surface area contributed by atoms with Crippen LogP contribution in [0.2, 0.25) is 0 Å². The zero-order valence-electron chi connectivity index (χ0n) is 21.7. The molecule has 0 atom stereocenters. The maximum Gasteiger partial charge on any atom is 0.342 e. The lowest BCUT2D eigenvalue weighted by Crippen LogP contribution is -2.48. The van der Waals surface area contributed by atoms with Gasteiger partial charge in [0, 0.05) is 41.3 Å². The van der Waals surface area contributed by atoms with Crippen LogP contribution in [0, 0.1) is 35.9 Å². The molecule has 8 rings (SSSR count). The Morgan fingerprint density at radius 2 is 1.82 bits per heavy atom. The Kier molecular flexibility index (Phi) is 5.15. The first kappa shape index (κ1) is 23.4. The van der Waals surface area contributed by atoms with Gasteiger partial charge in [-0.2, -0.15) is 5.10 Å². The molecule has 4 aromatic heterocycles. The van der Waals surface area contributed by atoms with Gasteiger partial charge in [-0.05, 0) is 80.8 Å². The number of rotatable bonds is 5. The third-order valence-corrected chi connectivity index (χ3v) is 9.28. The van der Waals surface area contributed by atoms with Gasteiger partial charge in [0.25, 0.3) is 0 Å². The summed E-state index contributed by atoms with van der Waals surface area (Å²) in [7, 11) is 1.36. The first-order valence-electron chi connectivity index (χ1n) is 13.4. The molecule has 4 aliphatic rings. The monoisotopic (exact) mass is 514 g/mol. The zero-order chi connectivity index (χ0) is 26.2. The van der Waals surface area contributed by atoms with E-state index in [0.29, 0.717) is 27.9 Å². The Bertz CT molecular complexity index is 1550. The average molecular weight is 515 g/mol. The number of carbonyl (C=O) groups excluding carboxylic acids is 1. The summed E-state index contributed by atoms with van der Waals surface area (Å²) < 4.78 is 23.2. The number of pyridine rings is 2. The van der Waals surface area contributed by atoms with Crippen molar-refractivity contribution in [1.82, 2.24) is 24.1 Å². The van der Waals surface area contributed by atoms with E-state index in [4.69, 9.17) is 15.6 Å². The van der Waals surface area contributed by atoms with Crippen molar-refractivity contribution in [2.45, 2.75) is 52.0 Å². The Hall–Kier alpha value is -3.75. The molecule has 4 fully saturated rings. The van der Waals surface area contributed by atoms with E-state index in [-0.39, 0.29) is 5.82 Å². The van der Waals surface area contributed by atoms with Crippen molar-refractivity contribution in [2.24, 2.45) is 23.2 Å². The fourth-order valence-electron chi connectivity index (χ4n) is 8.05. The molecule has 9 heteroatoms. The number of hydrogen-bond donors (Lipinski definition) is 1. The number of methoxy groups -OCH3 is 1. The lowest BCUT2D eigenvalue weighted by molar-refractivity contribution is -0.0638. The highest BCUT2D eigenvalue weighted by atomic mass is 19.1. The molecule has 4 bridgehead atoms. The van der Waals surface area contributed by atoms with Crippen molar-refractivity contribution in [3.8, 4) is 22.4 Å². The zero-order valence-corrected chi connectivity index (χ0v) is 21.7. The quantitative estimate of drug-likeness (QED) is 0.363. The molecule has 38 heavy (non-hydrogen) atoms. The maximum absolute atomic E-state index is 14.1. The first-order chi connectivity index (χ1) is 18.3. The first-order valence-corrected chi connectivity index (χ1v) is 13.4. The molecule has 8 nitrogen and oxygen atoms in total. The van der Waals surface area contributed by atoms with E-state index in [1.807, 2.05) is 18.5 Å². The van der Waals surface area contributed by atoms with Gasteiger partial charge in [-0.15, -0.1) is 0 Å². The van der Waals surface area contributed by atoms with Crippen LogP contribution in [0.3, 0.4) is 0 Å². The van der Waals surface area contributed by atoms with Crippen LogP contribution >= 0.6 is 0 Å². The second-order valence-electron chi connectivity index (χ2n) is 11.7. The molecule has 196 valence electrons. The average Bonchev–Trinajstić information content (AvgIpc) is 3.47. The predicted octanol–water partition coefficient (Wildman–Crippen LogP) is 5.29. The minimum atomic E-state index is -0.607. The van der Waals surface area contributed by atoms with E-state index in [0.717, 1.165) is 41.1 Å². The van der Waals surface area contributed by atoms with E-state index >= 15 is 0 Å². The summed E-state index contributed by atoms with van der Waals surface area (Å²) in [6.45, 7) is 3.01. The van der Waals surface area contributed by atoms with Gasteiger partial charge in [0.1, 0.15) is 5.56 Å². The Labute approximate surface area is 220 Å². The summed E-state index contributed by atoms with van der Waals surface area (Å²) in [6.07, 6.45) is 15.0. The fourth-order valence-corrected chi connectivity index (χ4v) is 8.05. The van der Waals surface area contributed by atoms with Gasteiger partial charge >= 0.3 is 5.97 Å². The van der Waals surface area contributed by atoms with Gasteiger partial charge in [0.15, 0.2) is 17.3 Å². The summed E-state index contributed by atoms with van der Waals surface area (Å²) in [5.74, 6) is 1.38. The number of anilines is 1. The highest BCUT2D eigenvalue weighted by molar-refractivity contribution is 6.03. The van der Waals surface area contributed by atoms with Crippen molar-refractivity contribution < 1.29 is 13.9 Å². The summed E-state index contributed by atoms with van der Waals surface area (Å²) in [6, 6.07) is 3.20. The maximum atomic E-state index is 14.1. The molecule has 0 aliphatic heterocycles. The standard InChI is InChI=1S/C29H31FN6O2/c1-16-22(13-34-36(16)15-29-9-17-5-18(10-29)7-19(6-17)11-29)21-3-4-35-24(20-8-23(30)26(31)32-12-20)14-33-27(35)25(21)28(37)38-2/h3-4,8,12-14,17-19H,5-7,9-11,15H2,1-2H3,(H2,31,32). The van der Waals surface area contributed by atoms with Crippen molar-refractivity contribution in [3.63, 3.8) is 0 Å². The number of fused-ring (bicyclic) bond motifs is 1. The molecule has 0 saturated heterocycles. The van der Waals surface area contributed by atoms with Crippen LogP contribution in [-0.2, 0) is 11.3 Å². The second kappa shape index (κ2) is 8.38. The van der Waals surface area contributed by atoms with E-state index in [1.54, 1.807) is 10.6 Å². The summed E-state index contributed by atoms with van der Waals surface area (Å²) >= 11 is 0. The summed E-state index contributed by atoms with van der Waals surface area (Å²) in [4.78, 5) is 21.6. The van der Waals surface area contributed by atoms with E-state index < -0.39 is 11.8 Å². The highest BCUT2D eigenvalue weighted by Crippen LogP contribution is 2.60. The molecule has 0 aromatic carbocycles. The molecular formula is C29H31FN6O2. The molecular weight excluding hydrogens is 483 g/mol. The van der Waals surface area contributed by atoms with Crippen LogP contribution < -0.4 is 5.73 Å². The van der Waals surface area contributed by atoms with E-state index in [2.05, 4.69) is 21.6 Å². The van der Waals surface area contributed by atoms with Gasteiger partial charge in [-0.3, -0.25) is 9.08 Å². The summed E-state index contributed by atoms with van der Waals surface area (Å²) in [5.41, 5.74) is 10.4. The lowest BCUT2D eigenvalue weighted by atomic mass is 9.49. The number of hydrogen-bond acceptors (Lipinski definition) is 6. The highest BCUT2D eigenvalue weighted by Gasteiger charge is 2.51. The molecule has 0 unspecified atom stereocenters. The van der Waals surface area contributed by atoms with Gasteiger partial charge in [-0.25, -0.2) is 19.2 Å². The van der Waals surface area contributed by atoms with Crippen molar-refractivity contribution in [3.05, 3.63) is 54.0 Å². The van der Waals surface area contributed by atoms with Gasteiger partial charge < -0.3 is 10.5 Å². The van der Waals surface area contributed by atoms with Crippen LogP contribution in [0.15, 0.2) is 36.9 Å². The number of aromatic nitrogens is 5. The van der Waals surface area contributed by atoms with Crippen molar-refractivity contribution >= 4 is 17.4 Å². The number of ether oxygens (including phenoxy) is 1. The smallest absolute Gasteiger partial charge is 0.342 e. The molecule has 4 aromatic rings. The fraction of sp³-hybridized carbons (Fsp3) is 0.448. The topological polar surface area (TPSA) is 100 Å². The number of imidazole rings is 1. The van der Waals surface area contributed by atoms with Crippen molar-refractivity contribution in [2.75, 3.05) is 12.8 Å². The number of nitrogens with zero attached hydrogens (tertiary/aromatic N) is 5. The van der Waals surface area contributed by atoms with Crippen LogP contribution in [0.25, 0.3) is 28.0 Å². The molecule has 0 radical (unpaired) electrons. The number of halogens is 1. The summed E-state index contributed by atoms with van der Waals surface area (Å²) in [5, 5.41) is 4.82. The number of nitrogens with two attached hydrogens (primary N) is 1. The molecule has 0 amide bonds. The minimum Gasteiger partial charge on any atom is -0.465 e. The van der Waals surface area contributed by atoms with Gasteiger partial charge in [-0.1, -0.05) is 0 Å². The Morgan fingerprint density at radius 3 is 2.47 bits per heavy atom. The van der Waals surface area contributed by atoms with Gasteiger partial charge in [0.05, 0.1) is 25.2 Å². The number of carbonyl (C=O) groups is 1. The molecule has 4 heterocycles. The molecule has 0 spiro atoms. The largest absolute Gasteiger partial charge is 0.465 e. The van der Waals surface area contributed by atoms with Crippen LogP contribution in [0.5, 0.6) is 0 Å². The molecule has 4 saturated carbocycles. The third kappa shape index (κ3) is 3.55. The Balaban J connectivity index is 1.29.